The number of amides is 1. The minimum Gasteiger partial charge on any atom is -0.493 e. The van der Waals surface area contributed by atoms with Gasteiger partial charge in [0.2, 0.25) is 0 Å². The molecule has 3 rings (SSSR count). The molecule has 1 amide bonds. The van der Waals surface area contributed by atoms with Crippen LogP contribution >= 0.6 is 0 Å². The van der Waals surface area contributed by atoms with E-state index in [4.69, 9.17) is 16.2 Å². The van der Waals surface area contributed by atoms with Crippen LogP contribution in [0.4, 0.5) is 5.69 Å². The van der Waals surface area contributed by atoms with E-state index < -0.39 is 5.91 Å². The SMILES string of the molecule is NC(=O)c1nn(CCc2ccc3c(c2)CCO3)cc1N. The molecule has 1 aromatic heterocycles. The molecule has 2 aromatic rings. The summed E-state index contributed by atoms with van der Waals surface area (Å²) in [6, 6.07) is 6.21. The number of nitrogens with zero attached hydrogens (tertiary/aromatic N) is 2. The average Bonchev–Trinajstić information content (AvgIpc) is 3.01. The van der Waals surface area contributed by atoms with Gasteiger partial charge in [-0.25, -0.2) is 0 Å². The Balaban J connectivity index is 1.70. The first-order chi connectivity index (χ1) is 9.63. The number of hydrogen-bond acceptors (Lipinski definition) is 4. The zero-order chi connectivity index (χ0) is 14.1. The minimum atomic E-state index is -0.601. The number of carbonyl (C=O) groups excluding carboxylic acids is 1. The number of hydrogen-bond donors (Lipinski definition) is 2. The summed E-state index contributed by atoms with van der Waals surface area (Å²) in [6.07, 6.45) is 3.41. The van der Waals surface area contributed by atoms with E-state index in [0.29, 0.717) is 12.2 Å². The van der Waals surface area contributed by atoms with Crippen molar-refractivity contribution in [2.45, 2.75) is 19.4 Å². The quantitative estimate of drug-likeness (QED) is 0.858. The largest absolute Gasteiger partial charge is 0.493 e. The van der Waals surface area contributed by atoms with Crippen LogP contribution in [0, 0.1) is 0 Å². The number of nitrogen functional groups attached to an aromatic ring is 1. The van der Waals surface area contributed by atoms with Gasteiger partial charge in [0, 0.05) is 19.2 Å². The zero-order valence-electron chi connectivity index (χ0n) is 11.0. The normalized spacial score (nSPS) is 13.0. The number of primary amides is 1. The van der Waals surface area contributed by atoms with Gasteiger partial charge in [0.25, 0.3) is 5.91 Å². The molecule has 0 spiro atoms. The first-order valence-corrected chi connectivity index (χ1v) is 6.51. The Bertz CT molecular complexity index is 663. The molecular weight excluding hydrogens is 256 g/mol. The molecule has 2 heterocycles. The highest BCUT2D eigenvalue weighted by atomic mass is 16.5. The molecule has 4 N–H and O–H groups in total. The molecule has 1 aliphatic rings. The second-order valence-electron chi connectivity index (χ2n) is 4.85. The lowest BCUT2D eigenvalue weighted by atomic mass is 10.1. The van der Waals surface area contributed by atoms with Gasteiger partial charge in [-0.2, -0.15) is 5.10 Å². The van der Waals surface area contributed by atoms with Gasteiger partial charge in [0.1, 0.15) is 5.75 Å². The summed E-state index contributed by atoms with van der Waals surface area (Å²) in [4.78, 5) is 11.1. The predicted octanol–water partition coefficient (Wildman–Crippen LogP) is 0.742. The number of fused-ring (bicyclic) bond motifs is 1. The van der Waals surface area contributed by atoms with Gasteiger partial charge in [-0.1, -0.05) is 12.1 Å². The van der Waals surface area contributed by atoms with Gasteiger partial charge < -0.3 is 16.2 Å². The third kappa shape index (κ3) is 2.32. The first-order valence-electron chi connectivity index (χ1n) is 6.51. The monoisotopic (exact) mass is 272 g/mol. The van der Waals surface area contributed by atoms with E-state index in [0.717, 1.165) is 25.2 Å². The van der Waals surface area contributed by atoms with Crippen LogP contribution in [0.1, 0.15) is 21.6 Å². The summed E-state index contributed by atoms with van der Waals surface area (Å²) in [7, 11) is 0. The molecule has 0 bridgehead atoms. The fourth-order valence-electron chi connectivity index (χ4n) is 2.38. The van der Waals surface area contributed by atoms with Crippen molar-refractivity contribution >= 4 is 11.6 Å². The van der Waals surface area contributed by atoms with Crippen molar-refractivity contribution in [3.8, 4) is 5.75 Å². The molecule has 104 valence electrons. The smallest absolute Gasteiger partial charge is 0.271 e. The Morgan fingerprint density at radius 3 is 3.05 bits per heavy atom. The van der Waals surface area contributed by atoms with Crippen LogP contribution in [0.3, 0.4) is 0 Å². The summed E-state index contributed by atoms with van der Waals surface area (Å²) in [5, 5.41) is 4.09. The van der Waals surface area contributed by atoms with Crippen LogP contribution < -0.4 is 16.2 Å². The maximum absolute atomic E-state index is 11.1. The van der Waals surface area contributed by atoms with Crippen molar-refractivity contribution in [3.05, 3.63) is 41.2 Å². The summed E-state index contributed by atoms with van der Waals surface area (Å²) in [6.45, 7) is 1.41. The highest BCUT2D eigenvalue weighted by molar-refractivity contribution is 5.95. The Morgan fingerprint density at radius 2 is 2.30 bits per heavy atom. The third-order valence-corrected chi connectivity index (χ3v) is 3.41. The van der Waals surface area contributed by atoms with Crippen LogP contribution in [0.2, 0.25) is 0 Å². The van der Waals surface area contributed by atoms with E-state index in [1.165, 1.54) is 11.1 Å². The molecule has 1 aliphatic heterocycles. The van der Waals surface area contributed by atoms with Crippen molar-refractivity contribution in [2.75, 3.05) is 12.3 Å². The Labute approximate surface area is 116 Å². The Morgan fingerprint density at radius 1 is 1.45 bits per heavy atom. The molecule has 0 saturated carbocycles. The highest BCUT2D eigenvalue weighted by Crippen LogP contribution is 2.26. The molecule has 6 nitrogen and oxygen atoms in total. The highest BCUT2D eigenvalue weighted by Gasteiger charge is 2.13. The minimum absolute atomic E-state index is 0.132. The summed E-state index contributed by atoms with van der Waals surface area (Å²) in [5.74, 6) is 0.379. The molecule has 0 radical (unpaired) electrons. The van der Waals surface area contributed by atoms with E-state index in [1.54, 1.807) is 10.9 Å². The van der Waals surface area contributed by atoms with Gasteiger partial charge in [-0.05, 0) is 23.6 Å². The predicted molar refractivity (Wildman–Crippen MR) is 74.5 cm³/mol. The van der Waals surface area contributed by atoms with Crippen LogP contribution in [0.5, 0.6) is 5.75 Å². The fraction of sp³-hybridized carbons (Fsp3) is 0.286. The van der Waals surface area contributed by atoms with Gasteiger partial charge in [0.15, 0.2) is 5.69 Å². The summed E-state index contributed by atoms with van der Waals surface area (Å²) in [5.41, 5.74) is 13.8. The van der Waals surface area contributed by atoms with E-state index in [-0.39, 0.29) is 5.69 Å². The van der Waals surface area contributed by atoms with Gasteiger partial charge >= 0.3 is 0 Å². The number of benzene rings is 1. The number of nitrogens with two attached hydrogens (primary N) is 2. The number of aryl methyl sites for hydroxylation is 2. The molecule has 1 aromatic carbocycles. The maximum Gasteiger partial charge on any atom is 0.271 e. The van der Waals surface area contributed by atoms with Crippen molar-refractivity contribution < 1.29 is 9.53 Å². The van der Waals surface area contributed by atoms with Gasteiger partial charge in [0.05, 0.1) is 12.3 Å². The van der Waals surface area contributed by atoms with Crippen LogP contribution in [0.15, 0.2) is 24.4 Å². The first kappa shape index (κ1) is 12.5. The molecule has 6 heteroatoms. The van der Waals surface area contributed by atoms with Crippen LogP contribution in [0.25, 0.3) is 0 Å². The Hall–Kier alpha value is -2.50. The molecule has 0 saturated heterocycles. The number of rotatable bonds is 4. The van der Waals surface area contributed by atoms with E-state index >= 15 is 0 Å². The molecule has 0 fully saturated rings. The number of anilines is 1. The van der Waals surface area contributed by atoms with Crippen molar-refractivity contribution in [2.24, 2.45) is 5.73 Å². The zero-order valence-corrected chi connectivity index (χ0v) is 11.0. The summed E-state index contributed by atoms with van der Waals surface area (Å²) >= 11 is 0. The van der Waals surface area contributed by atoms with Crippen LogP contribution in [-0.4, -0.2) is 22.3 Å². The third-order valence-electron chi connectivity index (χ3n) is 3.41. The molecule has 0 unspecified atom stereocenters. The average molecular weight is 272 g/mol. The maximum atomic E-state index is 11.1. The standard InChI is InChI=1S/C14H16N4O2/c15-11-8-18(17-13(11)14(16)19)5-3-9-1-2-12-10(7-9)4-6-20-12/h1-2,7-8H,3-6,15H2,(H2,16,19). The van der Waals surface area contributed by atoms with Gasteiger partial charge in [-0.3, -0.25) is 9.48 Å². The van der Waals surface area contributed by atoms with E-state index in [1.807, 2.05) is 12.1 Å². The second kappa shape index (κ2) is 4.88. The summed E-state index contributed by atoms with van der Waals surface area (Å²) < 4.78 is 7.13. The molecule has 0 atom stereocenters. The van der Waals surface area contributed by atoms with Crippen LogP contribution in [-0.2, 0) is 19.4 Å². The number of carbonyl (C=O) groups is 1. The fourth-order valence-corrected chi connectivity index (χ4v) is 2.38. The number of aromatic nitrogens is 2. The van der Waals surface area contributed by atoms with Crippen molar-refractivity contribution in [1.82, 2.24) is 9.78 Å². The van der Waals surface area contributed by atoms with Crippen molar-refractivity contribution in [1.29, 1.82) is 0 Å². The Kier molecular flexibility index (Phi) is 3.06. The van der Waals surface area contributed by atoms with Gasteiger partial charge in [-0.15, -0.1) is 0 Å². The molecule has 0 aliphatic carbocycles. The number of ether oxygens (including phenoxy) is 1. The lowest BCUT2D eigenvalue weighted by Gasteiger charge is -2.04. The van der Waals surface area contributed by atoms with E-state index in [9.17, 15) is 4.79 Å². The molecular formula is C14H16N4O2. The topological polar surface area (TPSA) is 96.2 Å². The lowest BCUT2D eigenvalue weighted by molar-refractivity contribution is 0.0995. The lowest BCUT2D eigenvalue weighted by Crippen LogP contribution is -2.14. The second-order valence-corrected chi connectivity index (χ2v) is 4.85. The molecule has 20 heavy (non-hydrogen) atoms. The van der Waals surface area contributed by atoms with Crippen molar-refractivity contribution in [3.63, 3.8) is 0 Å². The van der Waals surface area contributed by atoms with E-state index in [2.05, 4.69) is 11.2 Å².